The van der Waals surface area contributed by atoms with Crippen LogP contribution in [0.25, 0.3) is 6.08 Å². The van der Waals surface area contributed by atoms with Crippen molar-refractivity contribution in [2.24, 2.45) is 4.99 Å². The quantitative estimate of drug-likeness (QED) is 0.833. The van der Waals surface area contributed by atoms with E-state index in [2.05, 4.69) is 4.99 Å². The number of ether oxygens (including phenoxy) is 1. The molecule has 94 valence electrons. The predicted octanol–water partition coefficient (Wildman–Crippen LogP) is 2.47. The van der Waals surface area contributed by atoms with Crippen molar-refractivity contribution in [3.05, 3.63) is 41.2 Å². The highest BCUT2D eigenvalue weighted by Gasteiger charge is 2.27. The Morgan fingerprint density at radius 2 is 2.39 bits per heavy atom. The normalized spacial score (nSPS) is 17.2. The van der Waals surface area contributed by atoms with Crippen LogP contribution in [0.1, 0.15) is 19.6 Å². The van der Waals surface area contributed by atoms with Crippen molar-refractivity contribution in [3.63, 3.8) is 0 Å². The highest BCUT2D eigenvalue weighted by molar-refractivity contribution is 6.21. The number of esters is 1. The average Bonchev–Trinajstić information content (AvgIpc) is 2.89. The molecule has 1 N–H and O–H groups in total. The molecule has 1 aliphatic rings. The van der Waals surface area contributed by atoms with Crippen molar-refractivity contribution in [1.82, 2.24) is 0 Å². The lowest BCUT2D eigenvalue weighted by Crippen LogP contribution is -2.13. The minimum atomic E-state index is -0.570. The molecule has 5 nitrogen and oxygen atoms in total. The van der Waals surface area contributed by atoms with Gasteiger partial charge in [-0.3, -0.25) is 0 Å². The van der Waals surface area contributed by atoms with E-state index in [-0.39, 0.29) is 17.9 Å². The van der Waals surface area contributed by atoms with Crippen LogP contribution in [0.3, 0.4) is 0 Å². The van der Waals surface area contributed by atoms with Gasteiger partial charge in [0.05, 0.1) is 18.6 Å². The maximum Gasteiger partial charge on any atom is 0.343 e. The average molecular weight is 247 g/mol. The highest BCUT2D eigenvalue weighted by atomic mass is 16.5. The Bertz CT molecular complexity index is 550. The Kier molecular flexibility index (Phi) is 3.32. The van der Waals surface area contributed by atoms with Gasteiger partial charge in [-0.15, -0.1) is 0 Å². The molecular formula is C13H13NO4. The number of aliphatic hydroxyl groups is 1. The number of carbonyl (C=O) groups is 1. The molecule has 2 rings (SSSR count). The van der Waals surface area contributed by atoms with Gasteiger partial charge in [-0.25, -0.2) is 9.79 Å². The minimum Gasteiger partial charge on any atom is -0.505 e. The molecule has 2 heterocycles. The Balaban J connectivity index is 2.35. The first kappa shape index (κ1) is 12.2. The SMILES string of the molecule is CCOC(=O)C1=C(O)/C(=C/c2ccco2)N=C1C. The molecule has 0 atom stereocenters. The number of furan rings is 1. The van der Waals surface area contributed by atoms with Crippen LogP contribution in [0.5, 0.6) is 0 Å². The lowest BCUT2D eigenvalue weighted by Gasteiger charge is -2.02. The van der Waals surface area contributed by atoms with E-state index in [0.29, 0.717) is 17.2 Å². The lowest BCUT2D eigenvalue weighted by molar-refractivity contribution is -0.138. The first-order valence-electron chi connectivity index (χ1n) is 5.55. The van der Waals surface area contributed by atoms with Crippen LogP contribution in [0.2, 0.25) is 0 Å². The summed E-state index contributed by atoms with van der Waals surface area (Å²) in [5.41, 5.74) is 0.837. The molecular weight excluding hydrogens is 234 g/mol. The largest absolute Gasteiger partial charge is 0.505 e. The van der Waals surface area contributed by atoms with E-state index in [9.17, 15) is 9.90 Å². The van der Waals surface area contributed by atoms with E-state index in [0.717, 1.165) is 0 Å². The fourth-order valence-corrected chi connectivity index (χ4v) is 1.65. The minimum absolute atomic E-state index is 0.106. The molecule has 0 spiro atoms. The van der Waals surface area contributed by atoms with Gasteiger partial charge in [-0.2, -0.15) is 0 Å². The van der Waals surface area contributed by atoms with Gasteiger partial charge in [0, 0.05) is 6.08 Å². The third-order valence-electron chi connectivity index (χ3n) is 2.43. The van der Waals surface area contributed by atoms with Gasteiger partial charge in [0.2, 0.25) is 0 Å². The molecule has 0 saturated carbocycles. The van der Waals surface area contributed by atoms with E-state index in [1.165, 1.54) is 6.26 Å². The van der Waals surface area contributed by atoms with Crippen LogP contribution >= 0.6 is 0 Å². The van der Waals surface area contributed by atoms with E-state index in [1.54, 1.807) is 32.1 Å². The molecule has 0 radical (unpaired) electrons. The summed E-state index contributed by atoms with van der Waals surface area (Å²) in [6.45, 7) is 3.60. The second-order valence-electron chi connectivity index (χ2n) is 3.69. The van der Waals surface area contributed by atoms with Crippen LogP contribution in [-0.4, -0.2) is 23.4 Å². The molecule has 0 unspecified atom stereocenters. The first-order chi connectivity index (χ1) is 8.63. The van der Waals surface area contributed by atoms with Gasteiger partial charge in [0.1, 0.15) is 17.0 Å². The zero-order valence-corrected chi connectivity index (χ0v) is 10.1. The monoisotopic (exact) mass is 247 g/mol. The van der Waals surface area contributed by atoms with Crippen molar-refractivity contribution >= 4 is 17.8 Å². The number of nitrogens with zero attached hydrogens (tertiary/aromatic N) is 1. The number of aliphatic hydroxyl groups excluding tert-OH is 1. The van der Waals surface area contributed by atoms with Crippen LogP contribution in [0.4, 0.5) is 0 Å². The second-order valence-corrected chi connectivity index (χ2v) is 3.69. The predicted molar refractivity (Wildman–Crippen MR) is 66.1 cm³/mol. The maximum atomic E-state index is 11.6. The van der Waals surface area contributed by atoms with Crippen molar-refractivity contribution in [1.29, 1.82) is 0 Å². The van der Waals surface area contributed by atoms with Gasteiger partial charge < -0.3 is 14.3 Å². The molecule has 1 aliphatic heterocycles. The summed E-state index contributed by atoms with van der Waals surface area (Å²) in [6, 6.07) is 3.46. The molecule has 1 aromatic heterocycles. The van der Waals surface area contributed by atoms with E-state index in [1.807, 2.05) is 0 Å². The summed E-state index contributed by atoms with van der Waals surface area (Å²) in [5, 5.41) is 9.97. The standard InChI is InChI=1S/C13H13NO4/c1-3-17-13(16)11-8(2)14-10(12(11)15)7-9-5-4-6-18-9/h4-7,15H,3H2,1-2H3/b10-7-. The molecule has 0 amide bonds. The number of hydrogen-bond acceptors (Lipinski definition) is 5. The molecule has 5 heteroatoms. The van der Waals surface area contributed by atoms with Crippen molar-refractivity contribution in [2.75, 3.05) is 6.61 Å². The fourth-order valence-electron chi connectivity index (χ4n) is 1.65. The van der Waals surface area contributed by atoms with E-state index < -0.39 is 5.97 Å². The third-order valence-corrected chi connectivity index (χ3v) is 2.43. The summed E-state index contributed by atoms with van der Waals surface area (Å²) in [7, 11) is 0. The zero-order valence-electron chi connectivity index (χ0n) is 10.1. The molecule has 0 saturated heterocycles. The number of rotatable bonds is 3. The number of hydrogen-bond donors (Lipinski definition) is 1. The van der Waals surface area contributed by atoms with Crippen LogP contribution in [-0.2, 0) is 9.53 Å². The summed E-state index contributed by atoms with van der Waals surface area (Å²) in [6.07, 6.45) is 3.08. The second kappa shape index (κ2) is 4.91. The van der Waals surface area contributed by atoms with Gasteiger partial charge in [-0.05, 0) is 26.0 Å². The van der Waals surface area contributed by atoms with Crippen molar-refractivity contribution < 1.29 is 19.1 Å². The highest BCUT2D eigenvalue weighted by Crippen LogP contribution is 2.26. The van der Waals surface area contributed by atoms with Gasteiger partial charge >= 0.3 is 5.97 Å². The van der Waals surface area contributed by atoms with Gasteiger partial charge in [0.25, 0.3) is 0 Å². The summed E-state index contributed by atoms with van der Waals surface area (Å²) >= 11 is 0. The van der Waals surface area contributed by atoms with Gasteiger partial charge in [-0.1, -0.05) is 0 Å². The van der Waals surface area contributed by atoms with E-state index >= 15 is 0 Å². The van der Waals surface area contributed by atoms with Crippen molar-refractivity contribution in [2.45, 2.75) is 13.8 Å². The Morgan fingerprint density at radius 3 is 3.00 bits per heavy atom. The summed E-state index contributed by atoms with van der Waals surface area (Å²) in [4.78, 5) is 15.8. The van der Waals surface area contributed by atoms with Gasteiger partial charge in [0.15, 0.2) is 5.76 Å². The molecule has 0 fully saturated rings. The topological polar surface area (TPSA) is 72.0 Å². The Hall–Kier alpha value is -2.30. The summed E-state index contributed by atoms with van der Waals surface area (Å²) < 4.78 is 9.99. The zero-order chi connectivity index (χ0) is 13.1. The van der Waals surface area contributed by atoms with Crippen LogP contribution in [0.15, 0.2) is 44.8 Å². The third kappa shape index (κ3) is 2.20. The Labute approximate surface area is 104 Å². The molecule has 1 aromatic rings. The number of aliphatic imine (C=N–C) groups is 1. The van der Waals surface area contributed by atoms with Crippen molar-refractivity contribution in [3.8, 4) is 0 Å². The fraction of sp³-hybridized carbons (Fsp3) is 0.231. The maximum absolute atomic E-state index is 11.6. The summed E-state index contributed by atoms with van der Waals surface area (Å²) in [5.74, 6) is -0.195. The molecule has 0 bridgehead atoms. The molecule has 18 heavy (non-hydrogen) atoms. The number of carbonyl (C=O) groups excluding carboxylic acids is 1. The van der Waals surface area contributed by atoms with Crippen LogP contribution in [0, 0.1) is 0 Å². The van der Waals surface area contributed by atoms with E-state index in [4.69, 9.17) is 9.15 Å². The smallest absolute Gasteiger partial charge is 0.343 e. The molecule has 0 aromatic carbocycles. The first-order valence-corrected chi connectivity index (χ1v) is 5.55. The van der Waals surface area contributed by atoms with Crippen LogP contribution < -0.4 is 0 Å². The molecule has 0 aliphatic carbocycles. The Morgan fingerprint density at radius 1 is 1.61 bits per heavy atom. The lowest BCUT2D eigenvalue weighted by atomic mass is 10.1.